The predicted molar refractivity (Wildman–Crippen MR) is 108 cm³/mol. The maximum absolute atomic E-state index is 13.2. The molecular weight excluding hydrogens is 350 g/mol. The van der Waals surface area contributed by atoms with Crippen LogP contribution < -0.4 is 0 Å². The molecule has 0 radical (unpaired) electrons. The van der Waals surface area contributed by atoms with E-state index < -0.39 is 0 Å². The third-order valence-corrected chi connectivity index (χ3v) is 5.51. The molecule has 6 nitrogen and oxygen atoms in total. The molecule has 28 heavy (non-hydrogen) atoms. The number of pyridine rings is 1. The van der Waals surface area contributed by atoms with Crippen LogP contribution in [0.1, 0.15) is 40.6 Å². The molecule has 140 valence electrons. The molecule has 5 rings (SSSR count). The summed E-state index contributed by atoms with van der Waals surface area (Å²) in [5.74, 6) is 0.0328. The lowest BCUT2D eigenvalue weighted by molar-refractivity contribution is 0.0730. The number of carbonyl (C=O) groups is 1. The Morgan fingerprint density at radius 2 is 2.04 bits per heavy atom. The number of rotatable bonds is 3. The average Bonchev–Trinajstić information content (AvgIpc) is 3.46. The molecular formula is C22H21N5O. The second-order valence-electron chi connectivity index (χ2n) is 7.29. The summed E-state index contributed by atoms with van der Waals surface area (Å²) in [5.41, 5.74) is 5.28. The minimum Gasteiger partial charge on any atom is -0.335 e. The molecule has 0 bridgehead atoms. The molecule has 1 aromatic carbocycles. The van der Waals surface area contributed by atoms with Crippen LogP contribution in [0.15, 0.2) is 54.7 Å². The van der Waals surface area contributed by atoms with E-state index in [9.17, 15) is 4.79 Å². The number of aryl methyl sites for hydroxylation is 1. The molecule has 0 aliphatic carbocycles. The molecule has 1 aliphatic rings. The molecule has 1 atom stereocenters. The summed E-state index contributed by atoms with van der Waals surface area (Å²) in [6, 6.07) is 16.3. The third kappa shape index (κ3) is 2.78. The van der Waals surface area contributed by atoms with E-state index in [4.69, 9.17) is 4.98 Å². The van der Waals surface area contributed by atoms with Crippen LogP contribution in [0.3, 0.4) is 0 Å². The number of nitrogens with zero attached hydrogens (tertiary/aromatic N) is 3. The Bertz CT molecular complexity index is 1140. The summed E-state index contributed by atoms with van der Waals surface area (Å²) >= 11 is 0. The number of amides is 1. The van der Waals surface area contributed by atoms with E-state index in [0.717, 1.165) is 47.4 Å². The minimum absolute atomic E-state index is 0.0328. The van der Waals surface area contributed by atoms with Gasteiger partial charge in [-0.05, 0) is 43.5 Å². The first-order chi connectivity index (χ1) is 13.7. The number of H-pyrrole nitrogens is 2. The van der Waals surface area contributed by atoms with Crippen molar-refractivity contribution in [3.63, 3.8) is 0 Å². The molecule has 0 saturated carbocycles. The molecule has 4 aromatic rings. The topological polar surface area (TPSA) is 77.7 Å². The Labute approximate surface area is 162 Å². The summed E-state index contributed by atoms with van der Waals surface area (Å²) in [7, 11) is 0. The van der Waals surface area contributed by atoms with Gasteiger partial charge in [0.2, 0.25) is 0 Å². The van der Waals surface area contributed by atoms with Crippen molar-refractivity contribution in [2.75, 3.05) is 6.54 Å². The van der Waals surface area contributed by atoms with Crippen molar-refractivity contribution < 1.29 is 4.79 Å². The van der Waals surface area contributed by atoms with Gasteiger partial charge in [-0.25, -0.2) is 4.98 Å². The van der Waals surface area contributed by atoms with Gasteiger partial charge in [0, 0.05) is 23.2 Å². The van der Waals surface area contributed by atoms with Gasteiger partial charge >= 0.3 is 0 Å². The normalized spacial score (nSPS) is 16.8. The highest BCUT2D eigenvalue weighted by molar-refractivity contribution is 5.98. The summed E-state index contributed by atoms with van der Waals surface area (Å²) in [6.07, 6.45) is 3.79. The van der Waals surface area contributed by atoms with E-state index in [1.807, 2.05) is 48.2 Å². The summed E-state index contributed by atoms with van der Waals surface area (Å²) in [6.45, 7) is 2.75. The number of nitrogens with one attached hydrogen (secondary N) is 2. The van der Waals surface area contributed by atoms with Crippen LogP contribution in [0.5, 0.6) is 0 Å². The molecule has 1 fully saturated rings. The quantitative estimate of drug-likeness (QED) is 0.565. The van der Waals surface area contributed by atoms with Crippen molar-refractivity contribution in [2.45, 2.75) is 25.8 Å². The fourth-order valence-corrected chi connectivity index (χ4v) is 4.07. The number of hydrogen-bond acceptors (Lipinski definition) is 3. The first-order valence-corrected chi connectivity index (χ1v) is 9.57. The summed E-state index contributed by atoms with van der Waals surface area (Å²) in [5, 5.41) is 7.93. The van der Waals surface area contributed by atoms with Crippen molar-refractivity contribution in [3.8, 4) is 11.3 Å². The molecule has 6 heteroatoms. The smallest absolute Gasteiger partial charge is 0.270 e. The van der Waals surface area contributed by atoms with Gasteiger partial charge < -0.3 is 9.88 Å². The molecule has 0 unspecified atom stereocenters. The number of aromatic nitrogens is 4. The van der Waals surface area contributed by atoms with Crippen LogP contribution in [0.25, 0.3) is 22.3 Å². The highest BCUT2D eigenvalue weighted by Gasteiger charge is 2.31. The number of fused-ring (bicyclic) bond motifs is 1. The van der Waals surface area contributed by atoms with Gasteiger partial charge in [0.15, 0.2) is 0 Å². The largest absolute Gasteiger partial charge is 0.335 e. The van der Waals surface area contributed by atoms with Crippen molar-refractivity contribution in [2.24, 2.45) is 0 Å². The van der Waals surface area contributed by atoms with Crippen molar-refractivity contribution in [3.05, 3.63) is 71.7 Å². The standard InChI is InChI=1S/C22H21N5O/c1-14-17(13-23-26-14)18-10-9-16-12-19(25-21(16)24-18)22(28)27-11-5-8-20(27)15-6-3-2-4-7-15/h2-4,6-7,9-10,12-13,20H,5,8,11H2,1H3,(H,23,26)(H,24,25)/t20-/m1/s1. The van der Waals surface area contributed by atoms with Crippen molar-refractivity contribution in [1.82, 2.24) is 25.1 Å². The fourth-order valence-electron chi connectivity index (χ4n) is 4.07. The average molecular weight is 371 g/mol. The molecule has 0 spiro atoms. The Morgan fingerprint density at radius 1 is 1.18 bits per heavy atom. The number of aromatic amines is 2. The zero-order chi connectivity index (χ0) is 19.1. The van der Waals surface area contributed by atoms with E-state index in [2.05, 4.69) is 27.3 Å². The highest BCUT2D eigenvalue weighted by Crippen LogP contribution is 2.33. The lowest BCUT2D eigenvalue weighted by Gasteiger charge is -2.24. The van der Waals surface area contributed by atoms with Gasteiger partial charge in [-0.3, -0.25) is 9.89 Å². The van der Waals surface area contributed by atoms with Gasteiger partial charge in [0.1, 0.15) is 11.3 Å². The van der Waals surface area contributed by atoms with Crippen LogP contribution in [0, 0.1) is 6.92 Å². The van der Waals surface area contributed by atoms with Gasteiger partial charge in [0.05, 0.1) is 17.9 Å². The molecule has 2 N–H and O–H groups in total. The third-order valence-electron chi connectivity index (χ3n) is 5.51. The SMILES string of the molecule is Cc1[nH]ncc1-c1ccc2cc(C(=O)N3CCC[C@@H]3c3ccccc3)[nH]c2n1. The molecule has 1 aliphatic heterocycles. The minimum atomic E-state index is 0.0328. The van der Waals surface area contributed by atoms with Crippen LogP contribution >= 0.6 is 0 Å². The Kier molecular flexibility index (Phi) is 3.97. The van der Waals surface area contributed by atoms with Crippen LogP contribution in [-0.4, -0.2) is 37.5 Å². The Morgan fingerprint density at radius 3 is 2.82 bits per heavy atom. The van der Waals surface area contributed by atoms with Crippen LogP contribution in [0.4, 0.5) is 0 Å². The number of hydrogen-bond donors (Lipinski definition) is 2. The van der Waals surface area contributed by atoms with E-state index in [1.54, 1.807) is 6.20 Å². The van der Waals surface area contributed by atoms with Crippen molar-refractivity contribution >= 4 is 16.9 Å². The maximum atomic E-state index is 13.2. The lowest BCUT2D eigenvalue weighted by Crippen LogP contribution is -2.30. The second kappa shape index (κ2) is 6.64. The molecule has 3 aromatic heterocycles. The zero-order valence-electron chi connectivity index (χ0n) is 15.6. The van der Waals surface area contributed by atoms with Gasteiger partial charge in [-0.1, -0.05) is 30.3 Å². The predicted octanol–water partition coefficient (Wildman–Crippen LogP) is 4.24. The fraction of sp³-hybridized carbons (Fsp3) is 0.227. The van der Waals surface area contributed by atoms with E-state index in [0.29, 0.717) is 5.69 Å². The number of likely N-dealkylation sites (tertiary alicyclic amines) is 1. The van der Waals surface area contributed by atoms with E-state index in [1.165, 1.54) is 5.56 Å². The number of benzene rings is 1. The van der Waals surface area contributed by atoms with E-state index in [-0.39, 0.29) is 11.9 Å². The lowest BCUT2D eigenvalue weighted by atomic mass is 10.0. The number of carbonyl (C=O) groups excluding carboxylic acids is 1. The Balaban J connectivity index is 1.47. The van der Waals surface area contributed by atoms with Gasteiger partial charge in [0.25, 0.3) is 5.91 Å². The van der Waals surface area contributed by atoms with Crippen molar-refractivity contribution in [1.29, 1.82) is 0 Å². The maximum Gasteiger partial charge on any atom is 0.270 e. The summed E-state index contributed by atoms with van der Waals surface area (Å²) in [4.78, 5) is 23.1. The van der Waals surface area contributed by atoms with Gasteiger partial charge in [-0.2, -0.15) is 5.10 Å². The monoisotopic (exact) mass is 371 g/mol. The summed E-state index contributed by atoms with van der Waals surface area (Å²) < 4.78 is 0. The van der Waals surface area contributed by atoms with E-state index >= 15 is 0 Å². The Hall–Kier alpha value is -3.41. The zero-order valence-corrected chi connectivity index (χ0v) is 15.6. The second-order valence-corrected chi connectivity index (χ2v) is 7.29. The molecule has 4 heterocycles. The molecule has 1 saturated heterocycles. The van der Waals surface area contributed by atoms with Gasteiger partial charge in [-0.15, -0.1) is 0 Å². The van der Waals surface area contributed by atoms with Crippen LogP contribution in [-0.2, 0) is 0 Å². The molecule has 1 amide bonds. The first-order valence-electron chi connectivity index (χ1n) is 9.57. The van der Waals surface area contributed by atoms with Crippen LogP contribution in [0.2, 0.25) is 0 Å². The highest BCUT2D eigenvalue weighted by atomic mass is 16.2. The first kappa shape index (κ1) is 16.7.